The minimum absolute atomic E-state index is 0.0266. The Labute approximate surface area is 112 Å². The Morgan fingerprint density at radius 1 is 1.40 bits per heavy atom. The maximum Gasteiger partial charge on any atom is 0.308 e. The van der Waals surface area contributed by atoms with Crippen LogP contribution in [0.2, 0.25) is 0 Å². The first-order valence-corrected chi connectivity index (χ1v) is 5.71. The largest absolute Gasteiger partial charge is 0.367 e. The summed E-state index contributed by atoms with van der Waals surface area (Å²) in [6, 6.07) is 1.34. The summed E-state index contributed by atoms with van der Waals surface area (Å²) in [5.74, 6) is -2.31. The second-order valence-electron chi connectivity index (χ2n) is 4.51. The number of nitrogens with two attached hydrogens (primary N) is 1. The van der Waals surface area contributed by atoms with Crippen molar-refractivity contribution in [2.75, 3.05) is 5.73 Å². The average molecular weight is 283 g/mol. The molecule has 0 bridgehead atoms. The Morgan fingerprint density at radius 3 is 2.60 bits per heavy atom. The molecule has 0 spiro atoms. The molecule has 0 atom stereocenters. The maximum atomic E-state index is 14.1. The Bertz CT molecular complexity index is 683. The molecule has 0 aliphatic carbocycles. The third kappa shape index (κ3) is 2.20. The van der Waals surface area contributed by atoms with Gasteiger partial charge in [-0.15, -0.1) is 0 Å². The standard InChI is InChI=1S/C12H11F2N3O3/c1-5(2)9-11(16-20-12(9)15)7-3-6(13)4-8(10(7)14)17(18)19/h3-5H,15H2,1-2H3. The highest BCUT2D eigenvalue weighted by Gasteiger charge is 2.27. The zero-order valence-electron chi connectivity index (χ0n) is 10.7. The second-order valence-corrected chi connectivity index (χ2v) is 4.51. The van der Waals surface area contributed by atoms with Crippen molar-refractivity contribution < 1.29 is 18.2 Å². The number of hydrogen-bond donors (Lipinski definition) is 1. The molecule has 2 rings (SSSR count). The summed E-state index contributed by atoms with van der Waals surface area (Å²) in [6.07, 6.45) is 0. The van der Waals surface area contributed by atoms with E-state index in [0.29, 0.717) is 11.6 Å². The molecule has 1 aromatic heterocycles. The van der Waals surface area contributed by atoms with E-state index in [1.807, 2.05) is 0 Å². The molecule has 2 aromatic rings. The molecule has 0 fully saturated rings. The van der Waals surface area contributed by atoms with Crippen molar-refractivity contribution in [1.82, 2.24) is 5.16 Å². The molecule has 0 amide bonds. The van der Waals surface area contributed by atoms with Gasteiger partial charge in [0.1, 0.15) is 11.5 Å². The van der Waals surface area contributed by atoms with E-state index in [2.05, 4.69) is 5.16 Å². The van der Waals surface area contributed by atoms with Crippen molar-refractivity contribution in [3.8, 4) is 11.3 Å². The van der Waals surface area contributed by atoms with Crippen LogP contribution in [-0.4, -0.2) is 10.1 Å². The van der Waals surface area contributed by atoms with Crippen molar-refractivity contribution in [2.45, 2.75) is 19.8 Å². The molecule has 106 valence electrons. The van der Waals surface area contributed by atoms with E-state index < -0.39 is 22.2 Å². The zero-order chi connectivity index (χ0) is 15.0. The van der Waals surface area contributed by atoms with E-state index in [1.165, 1.54) is 0 Å². The highest BCUT2D eigenvalue weighted by Crippen LogP contribution is 2.37. The summed E-state index contributed by atoms with van der Waals surface area (Å²) < 4.78 is 32.3. The fourth-order valence-corrected chi connectivity index (χ4v) is 1.94. The summed E-state index contributed by atoms with van der Waals surface area (Å²) in [6.45, 7) is 3.52. The number of halogens is 2. The fourth-order valence-electron chi connectivity index (χ4n) is 1.94. The first kappa shape index (κ1) is 13.9. The summed E-state index contributed by atoms with van der Waals surface area (Å²) >= 11 is 0. The SMILES string of the molecule is CC(C)c1c(-c2cc(F)cc([N+](=O)[O-])c2F)noc1N. The summed E-state index contributed by atoms with van der Waals surface area (Å²) in [4.78, 5) is 9.71. The second kappa shape index (κ2) is 4.87. The van der Waals surface area contributed by atoms with Gasteiger partial charge in [0.05, 0.1) is 11.0 Å². The molecule has 0 saturated carbocycles. The van der Waals surface area contributed by atoms with E-state index in [4.69, 9.17) is 10.3 Å². The highest BCUT2D eigenvalue weighted by atomic mass is 19.1. The average Bonchev–Trinajstić information content (AvgIpc) is 2.73. The van der Waals surface area contributed by atoms with Gasteiger partial charge in [0.25, 0.3) is 0 Å². The van der Waals surface area contributed by atoms with Crippen molar-refractivity contribution in [2.24, 2.45) is 0 Å². The van der Waals surface area contributed by atoms with Crippen LogP contribution < -0.4 is 5.73 Å². The predicted molar refractivity (Wildman–Crippen MR) is 67.0 cm³/mol. The molecular weight excluding hydrogens is 272 g/mol. The zero-order valence-corrected chi connectivity index (χ0v) is 10.7. The monoisotopic (exact) mass is 283 g/mol. The molecule has 0 unspecified atom stereocenters. The minimum atomic E-state index is -1.17. The summed E-state index contributed by atoms with van der Waals surface area (Å²) in [7, 11) is 0. The third-order valence-corrected chi connectivity index (χ3v) is 2.80. The van der Waals surface area contributed by atoms with Gasteiger partial charge >= 0.3 is 5.69 Å². The Hall–Kier alpha value is -2.51. The maximum absolute atomic E-state index is 14.1. The van der Waals surface area contributed by atoms with Gasteiger partial charge in [-0.25, -0.2) is 4.39 Å². The number of hydrogen-bond acceptors (Lipinski definition) is 5. The first-order chi connectivity index (χ1) is 9.32. The lowest BCUT2D eigenvalue weighted by Gasteiger charge is -2.06. The van der Waals surface area contributed by atoms with Gasteiger partial charge < -0.3 is 10.3 Å². The van der Waals surface area contributed by atoms with Crippen LogP contribution in [0.15, 0.2) is 16.7 Å². The lowest BCUT2D eigenvalue weighted by Crippen LogP contribution is -2.00. The highest BCUT2D eigenvalue weighted by molar-refractivity contribution is 5.70. The molecule has 8 heteroatoms. The van der Waals surface area contributed by atoms with Gasteiger partial charge in [0, 0.05) is 11.1 Å². The van der Waals surface area contributed by atoms with Gasteiger partial charge in [-0.3, -0.25) is 10.1 Å². The molecule has 6 nitrogen and oxygen atoms in total. The molecule has 20 heavy (non-hydrogen) atoms. The normalized spacial score (nSPS) is 11.1. The van der Waals surface area contributed by atoms with E-state index in [0.717, 1.165) is 6.07 Å². The minimum Gasteiger partial charge on any atom is -0.367 e. The van der Waals surface area contributed by atoms with E-state index in [-0.39, 0.29) is 23.1 Å². The lowest BCUT2D eigenvalue weighted by molar-refractivity contribution is -0.387. The van der Waals surface area contributed by atoms with Crippen molar-refractivity contribution >= 4 is 11.6 Å². The number of benzene rings is 1. The first-order valence-electron chi connectivity index (χ1n) is 5.71. The molecule has 0 saturated heterocycles. The van der Waals surface area contributed by atoms with Crippen molar-refractivity contribution in [1.29, 1.82) is 0 Å². The smallest absolute Gasteiger partial charge is 0.308 e. The molecule has 2 N–H and O–H groups in total. The molecule has 1 aromatic carbocycles. The topological polar surface area (TPSA) is 95.2 Å². The van der Waals surface area contributed by atoms with E-state index >= 15 is 0 Å². The molecule has 1 heterocycles. The predicted octanol–water partition coefficient (Wildman–Crippen LogP) is 3.23. The number of nitro groups is 1. The van der Waals surface area contributed by atoms with Gasteiger partial charge in [-0.05, 0) is 12.0 Å². The summed E-state index contributed by atoms with van der Waals surface area (Å²) in [5, 5.41) is 14.3. The Kier molecular flexibility index (Phi) is 3.39. The number of nitrogen functional groups attached to an aromatic ring is 1. The Balaban J connectivity index is 2.74. The van der Waals surface area contributed by atoms with Crippen LogP contribution in [0, 0.1) is 21.7 Å². The van der Waals surface area contributed by atoms with E-state index in [9.17, 15) is 18.9 Å². The fraction of sp³-hybridized carbons (Fsp3) is 0.250. The van der Waals surface area contributed by atoms with Crippen LogP contribution in [0.5, 0.6) is 0 Å². The Morgan fingerprint density at radius 2 is 2.05 bits per heavy atom. The van der Waals surface area contributed by atoms with Crippen LogP contribution in [0.25, 0.3) is 11.3 Å². The lowest BCUT2D eigenvalue weighted by atomic mass is 9.98. The third-order valence-electron chi connectivity index (χ3n) is 2.80. The van der Waals surface area contributed by atoms with Gasteiger partial charge in [0.15, 0.2) is 0 Å². The summed E-state index contributed by atoms with van der Waals surface area (Å²) in [5.41, 5.74) is 4.63. The number of nitro benzene ring substituents is 1. The molecule has 0 radical (unpaired) electrons. The van der Waals surface area contributed by atoms with Crippen molar-refractivity contribution in [3.63, 3.8) is 0 Å². The van der Waals surface area contributed by atoms with Crippen molar-refractivity contribution in [3.05, 3.63) is 39.4 Å². The molecule has 0 aliphatic rings. The number of rotatable bonds is 3. The molecule has 0 aliphatic heterocycles. The van der Waals surface area contributed by atoms with Gasteiger partial charge in [-0.2, -0.15) is 4.39 Å². The van der Waals surface area contributed by atoms with Gasteiger partial charge in [-0.1, -0.05) is 19.0 Å². The van der Waals surface area contributed by atoms with Crippen LogP contribution >= 0.6 is 0 Å². The van der Waals surface area contributed by atoms with E-state index in [1.54, 1.807) is 13.8 Å². The number of nitrogens with zero attached hydrogens (tertiary/aromatic N) is 2. The quantitative estimate of drug-likeness (QED) is 0.689. The number of anilines is 1. The van der Waals surface area contributed by atoms with Crippen LogP contribution in [-0.2, 0) is 0 Å². The number of aromatic nitrogens is 1. The molecular formula is C12H11F2N3O3. The van der Waals surface area contributed by atoms with Crippen LogP contribution in [0.4, 0.5) is 20.4 Å². The van der Waals surface area contributed by atoms with Gasteiger partial charge in [0.2, 0.25) is 11.7 Å². The van der Waals surface area contributed by atoms with Crippen LogP contribution in [0.1, 0.15) is 25.3 Å². The van der Waals surface area contributed by atoms with Crippen LogP contribution in [0.3, 0.4) is 0 Å².